The van der Waals surface area contributed by atoms with E-state index in [1.165, 1.54) is 0 Å². The maximum absolute atomic E-state index is 12.8. The minimum Gasteiger partial charge on any atom is -0.341 e. The third-order valence-corrected chi connectivity index (χ3v) is 5.47. The molecule has 1 fully saturated rings. The number of rotatable bonds is 3. The van der Waals surface area contributed by atoms with Gasteiger partial charge in [0.05, 0.1) is 11.0 Å². The number of aryl methyl sites for hydroxylation is 1. The highest BCUT2D eigenvalue weighted by Crippen LogP contribution is 2.26. The minimum absolute atomic E-state index is 0. The van der Waals surface area contributed by atoms with Crippen LogP contribution in [0.25, 0.3) is 11.0 Å². The number of carbonyl (C=O) groups excluding carboxylic acids is 1. The molecular formula is C21H25ClN4O2. The second-order valence-corrected chi connectivity index (χ2v) is 7.26. The van der Waals surface area contributed by atoms with Gasteiger partial charge in [-0.1, -0.05) is 42.0 Å². The fraction of sp³-hybridized carbons (Fsp3) is 0.333. The molecule has 6 nitrogen and oxygen atoms in total. The Hall–Kier alpha value is -2.57. The monoisotopic (exact) mass is 400 g/mol. The highest BCUT2D eigenvalue weighted by Gasteiger charge is 2.29. The maximum atomic E-state index is 12.8. The number of nitrogens with zero attached hydrogens (tertiary/aromatic N) is 2. The van der Waals surface area contributed by atoms with Gasteiger partial charge in [0, 0.05) is 19.1 Å². The first-order chi connectivity index (χ1) is 13.0. The lowest BCUT2D eigenvalue weighted by Gasteiger charge is -2.34. The Morgan fingerprint density at radius 3 is 2.43 bits per heavy atom. The number of halogens is 1. The molecule has 2 aromatic carbocycles. The van der Waals surface area contributed by atoms with Crippen molar-refractivity contribution >= 4 is 29.3 Å². The van der Waals surface area contributed by atoms with Gasteiger partial charge in [0.15, 0.2) is 0 Å². The van der Waals surface area contributed by atoms with E-state index in [4.69, 9.17) is 5.73 Å². The van der Waals surface area contributed by atoms with E-state index in [1.54, 1.807) is 0 Å². The van der Waals surface area contributed by atoms with Gasteiger partial charge in [0.1, 0.15) is 6.04 Å². The minimum atomic E-state index is -0.641. The number of piperidine rings is 1. The molecule has 1 aromatic heterocycles. The van der Waals surface area contributed by atoms with Crippen LogP contribution in [-0.2, 0) is 4.79 Å². The SMILES string of the molecule is Cc1ccc(C(N)C(=O)N2CCC(n3c(=O)[nH]c4ccccc43)CC2)cc1.Cl. The van der Waals surface area contributed by atoms with Gasteiger partial charge in [0.25, 0.3) is 0 Å². The topological polar surface area (TPSA) is 84.1 Å². The lowest BCUT2D eigenvalue weighted by molar-refractivity contribution is -0.134. The van der Waals surface area contributed by atoms with Gasteiger partial charge < -0.3 is 15.6 Å². The van der Waals surface area contributed by atoms with E-state index in [1.807, 2.05) is 64.9 Å². The smallest absolute Gasteiger partial charge is 0.326 e. The first-order valence-corrected chi connectivity index (χ1v) is 9.35. The molecule has 0 bridgehead atoms. The van der Waals surface area contributed by atoms with Gasteiger partial charge in [-0.2, -0.15) is 0 Å². The van der Waals surface area contributed by atoms with Crippen molar-refractivity contribution < 1.29 is 4.79 Å². The molecule has 1 unspecified atom stereocenters. The van der Waals surface area contributed by atoms with Crippen LogP contribution in [0, 0.1) is 6.92 Å². The van der Waals surface area contributed by atoms with Crippen LogP contribution in [0.15, 0.2) is 53.3 Å². The van der Waals surface area contributed by atoms with Crippen LogP contribution in [0.2, 0.25) is 0 Å². The number of nitrogens with one attached hydrogen (secondary N) is 1. The molecule has 2 heterocycles. The van der Waals surface area contributed by atoms with Gasteiger partial charge in [-0.15, -0.1) is 12.4 Å². The van der Waals surface area contributed by atoms with Crippen molar-refractivity contribution in [1.29, 1.82) is 0 Å². The Labute approximate surface area is 169 Å². The molecule has 148 valence electrons. The lowest BCUT2D eigenvalue weighted by Crippen LogP contribution is -2.44. The van der Waals surface area contributed by atoms with E-state index >= 15 is 0 Å². The Kier molecular flexibility index (Phi) is 5.91. The third kappa shape index (κ3) is 3.70. The predicted molar refractivity (Wildman–Crippen MR) is 113 cm³/mol. The highest BCUT2D eigenvalue weighted by molar-refractivity contribution is 5.85. The molecule has 1 atom stereocenters. The number of H-pyrrole nitrogens is 1. The number of likely N-dealkylation sites (tertiary alicyclic amines) is 1. The second kappa shape index (κ2) is 8.20. The first kappa shape index (κ1) is 20.2. The molecule has 0 radical (unpaired) electrons. The Bertz CT molecular complexity index is 1020. The van der Waals surface area contributed by atoms with Crippen molar-refractivity contribution in [3.8, 4) is 0 Å². The molecule has 3 N–H and O–H groups in total. The predicted octanol–water partition coefficient (Wildman–Crippen LogP) is 2.92. The maximum Gasteiger partial charge on any atom is 0.326 e. The fourth-order valence-electron chi connectivity index (χ4n) is 3.89. The molecule has 1 saturated heterocycles. The van der Waals surface area contributed by atoms with E-state index in [-0.39, 0.29) is 30.0 Å². The number of aromatic nitrogens is 2. The summed E-state index contributed by atoms with van der Waals surface area (Å²) in [5.74, 6) is -0.0522. The summed E-state index contributed by atoms with van der Waals surface area (Å²) < 4.78 is 1.83. The van der Waals surface area contributed by atoms with E-state index in [2.05, 4.69) is 4.98 Å². The van der Waals surface area contributed by atoms with E-state index in [0.717, 1.165) is 35.0 Å². The molecule has 4 rings (SSSR count). The number of amides is 1. The van der Waals surface area contributed by atoms with E-state index in [9.17, 15) is 9.59 Å². The highest BCUT2D eigenvalue weighted by atomic mass is 35.5. The number of fused-ring (bicyclic) bond motifs is 1. The molecule has 1 aliphatic heterocycles. The number of nitrogens with two attached hydrogens (primary N) is 1. The molecule has 1 aliphatic rings. The third-order valence-electron chi connectivity index (χ3n) is 5.47. The number of para-hydroxylation sites is 2. The summed E-state index contributed by atoms with van der Waals surface area (Å²) in [6.45, 7) is 3.22. The van der Waals surface area contributed by atoms with Crippen LogP contribution in [0.3, 0.4) is 0 Å². The molecule has 0 saturated carbocycles. The van der Waals surface area contributed by atoms with E-state index in [0.29, 0.717) is 13.1 Å². The van der Waals surface area contributed by atoms with Gasteiger partial charge in [-0.3, -0.25) is 9.36 Å². The molecule has 0 spiro atoms. The van der Waals surface area contributed by atoms with Crippen LogP contribution < -0.4 is 11.4 Å². The zero-order valence-electron chi connectivity index (χ0n) is 15.8. The quantitative estimate of drug-likeness (QED) is 0.708. The van der Waals surface area contributed by atoms with Gasteiger partial charge in [0.2, 0.25) is 5.91 Å². The van der Waals surface area contributed by atoms with Gasteiger partial charge in [-0.25, -0.2) is 4.79 Å². The van der Waals surface area contributed by atoms with E-state index < -0.39 is 6.04 Å². The summed E-state index contributed by atoms with van der Waals surface area (Å²) in [7, 11) is 0. The first-order valence-electron chi connectivity index (χ1n) is 9.35. The number of hydrogen-bond acceptors (Lipinski definition) is 3. The van der Waals surface area contributed by atoms with Crippen LogP contribution in [0.1, 0.15) is 36.1 Å². The summed E-state index contributed by atoms with van der Waals surface area (Å²) in [5, 5.41) is 0. The van der Waals surface area contributed by atoms with Crippen molar-refractivity contribution in [3.63, 3.8) is 0 Å². The summed E-state index contributed by atoms with van der Waals surface area (Å²) in [4.78, 5) is 29.9. The summed E-state index contributed by atoms with van der Waals surface area (Å²) in [6.07, 6.45) is 1.49. The van der Waals surface area contributed by atoms with Crippen molar-refractivity contribution in [3.05, 3.63) is 70.1 Å². The molecule has 7 heteroatoms. The fourth-order valence-corrected chi connectivity index (χ4v) is 3.89. The number of hydrogen-bond donors (Lipinski definition) is 2. The lowest BCUT2D eigenvalue weighted by atomic mass is 10.0. The molecule has 3 aromatic rings. The van der Waals surface area contributed by atoms with Crippen molar-refractivity contribution in [2.45, 2.75) is 31.8 Å². The Balaban J connectivity index is 0.00000225. The Morgan fingerprint density at radius 1 is 1.11 bits per heavy atom. The Morgan fingerprint density at radius 2 is 1.75 bits per heavy atom. The second-order valence-electron chi connectivity index (χ2n) is 7.26. The molecule has 1 amide bonds. The zero-order chi connectivity index (χ0) is 19.0. The average molecular weight is 401 g/mol. The standard InChI is InChI=1S/C21H24N4O2.ClH/c1-14-6-8-15(9-7-14)19(22)20(26)24-12-10-16(11-13-24)25-18-5-3-2-4-17(18)23-21(25)27;/h2-9,16,19H,10-13,22H2,1H3,(H,23,27);1H. The summed E-state index contributed by atoms with van der Waals surface area (Å²) >= 11 is 0. The van der Waals surface area contributed by atoms with Crippen LogP contribution >= 0.6 is 12.4 Å². The number of carbonyl (C=O) groups is 1. The molecule has 0 aliphatic carbocycles. The number of imidazole rings is 1. The summed E-state index contributed by atoms with van der Waals surface area (Å²) in [6, 6.07) is 14.9. The largest absolute Gasteiger partial charge is 0.341 e. The number of aromatic amines is 1. The average Bonchev–Trinajstić information content (AvgIpc) is 3.03. The van der Waals surface area contributed by atoms with Crippen LogP contribution in [0.5, 0.6) is 0 Å². The van der Waals surface area contributed by atoms with Crippen molar-refractivity contribution in [2.24, 2.45) is 5.73 Å². The van der Waals surface area contributed by atoms with Gasteiger partial charge in [-0.05, 0) is 37.5 Å². The molecular weight excluding hydrogens is 376 g/mol. The van der Waals surface area contributed by atoms with Crippen LogP contribution in [0.4, 0.5) is 0 Å². The van der Waals surface area contributed by atoms with Gasteiger partial charge >= 0.3 is 5.69 Å². The normalized spacial score (nSPS) is 16.0. The zero-order valence-corrected chi connectivity index (χ0v) is 16.6. The van der Waals surface area contributed by atoms with Crippen LogP contribution in [-0.4, -0.2) is 33.4 Å². The molecule has 28 heavy (non-hydrogen) atoms. The van der Waals surface area contributed by atoms with Crippen molar-refractivity contribution in [2.75, 3.05) is 13.1 Å². The summed E-state index contributed by atoms with van der Waals surface area (Å²) in [5.41, 5.74) is 9.86. The van der Waals surface area contributed by atoms with Crippen molar-refractivity contribution in [1.82, 2.24) is 14.5 Å². The number of benzene rings is 2.